The van der Waals surface area contributed by atoms with Crippen LogP contribution in [-0.2, 0) is 28.5 Å². The second-order valence-corrected chi connectivity index (χ2v) is 12.2. The van der Waals surface area contributed by atoms with E-state index in [0.717, 1.165) is 12.2 Å². The molecule has 5 aromatic rings. The molecule has 0 spiro atoms. The first-order valence-corrected chi connectivity index (χ1v) is 17.8. The van der Waals surface area contributed by atoms with Gasteiger partial charge in [-0.3, -0.25) is 0 Å². The van der Waals surface area contributed by atoms with Crippen molar-refractivity contribution in [1.29, 1.82) is 0 Å². The molecule has 10 nitrogen and oxygen atoms in total. The smallest absolute Gasteiger partial charge is 0.343 e. The standard InChI is InChI=1S/C47H35FO10/c1-3-43(49)54-25-5-27-56-45(51)35-16-9-32(10-17-35)7-8-33-13-20-37(21-14-33)47(53)58-41-24-23-38-29-39(42(48)31-40(38)30-41)22-15-34-11-18-36(19-12-34)46(52)57-28-6-26-55-44(50)4-2/h3-4,9-14,16-21,23-24,29-31H,1-2,5-6,25-28H2. The van der Waals surface area contributed by atoms with E-state index in [1.165, 1.54) is 6.07 Å². The molecule has 0 heterocycles. The summed E-state index contributed by atoms with van der Waals surface area (Å²) in [4.78, 5) is 59.5. The van der Waals surface area contributed by atoms with Crippen LogP contribution in [0.2, 0.25) is 0 Å². The fraction of sp³-hybridized carbons (Fsp3) is 0.128. The van der Waals surface area contributed by atoms with Gasteiger partial charge in [0.1, 0.15) is 11.6 Å². The van der Waals surface area contributed by atoms with Gasteiger partial charge in [0.2, 0.25) is 0 Å². The number of rotatable bonds is 14. The molecule has 0 saturated heterocycles. The highest BCUT2D eigenvalue weighted by molar-refractivity contribution is 5.93. The van der Waals surface area contributed by atoms with Crippen LogP contribution in [0.1, 0.15) is 66.2 Å². The molecule has 0 aliphatic carbocycles. The number of carbonyl (C=O) groups is 5. The van der Waals surface area contributed by atoms with E-state index in [4.69, 9.17) is 23.7 Å². The fourth-order valence-corrected chi connectivity index (χ4v) is 5.00. The number of hydrogen-bond donors (Lipinski definition) is 0. The van der Waals surface area contributed by atoms with Crippen molar-refractivity contribution in [3.8, 4) is 29.4 Å². The number of halogens is 1. The maximum Gasteiger partial charge on any atom is 0.343 e. The van der Waals surface area contributed by atoms with Crippen LogP contribution in [0, 0.1) is 29.5 Å². The van der Waals surface area contributed by atoms with Gasteiger partial charge in [0.05, 0.1) is 48.7 Å². The van der Waals surface area contributed by atoms with Crippen molar-refractivity contribution in [3.63, 3.8) is 0 Å². The van der Waals surface area contributed by atoms with Gasteiger partial charge in [-0.05, 0) is 108 Å². The maximum absolute atomic E-state index is 15.1. The minimum absolute atomic E-state index is 0.0762. The van der Waals surface area contributed by atoms with Crippen molar-refractivity contribution in [3.05, 3.63) is 173 Å². The summed E-state index contributed by atoms with van der Waals surface area (Å²) in [6.07, 6.45) is 2.82. The Bertz CT molecular complexity index is 2460. The van der Waals surface area contributed by atoms with E-state index in [9.17, 15) is 24.0 Å². The third-order valence-electron chi connectivity index (χ3n) is 8.03. The summed E-state index contributed by atoms with van der Waals surface area (Å²) in [5.41, 5.74) is 2.98. The van der Waals surface area contributed by atoms with Gasteiger partial charge in [0, 0.05) is 41.7 Å². The number of fused-ring (bicyclic) bond motifs is 1. The van der Waals surface area contributed by atoms with Crippen LogP contribution in [-0.4, -0.2) is 56.3 Å². The van der Waals surface area contributed by atoms with Crippen LogP contribution in [0.15, 0.2) is 128 Å². The lowest BCUT2D eigenvalue weighted by Gasteiger charge is -2.07. The zero-order chi connectivity index (χ0) is 41.3. The molecule has 290 valence electrons. The maximum atomic E-state index is 15.1. The Kier molecular flexibility index (Phi) is 14.8. The largest absolute Gasteiger partial charge is 0.462 e. The topological polar surface area (TPSA) is 132 Å². The predicted molar refractivity (Wildman–Crippen MR) is 212 cm³/mol. The predicted octanol–water partition coefficient (Wildman–Crippen LogP) is 7.55. The number of carbonyl (C=O) groups excluding carboxylic acids is 5. The highest BCUT2D eigenvalue weighted by atomic mass is 19.1. The molecule has 0 fully saturated rings. The van der Waals surface area contributed by atoms with Crippen molar-refractivity contribution in [2.24, 2.45) is 0 Å². The van der Waals surface area contributed by atoms with Crippen molar-refractivity contribution in [1.82, 2.24) is 0 Å². The molecule has 0 aliphatic heterocycles. The van der Waals surface area contributed by atoms with Gasteiger partial charge in [-0.15, -0.1) is 0 Å². The summed E-state index contributed by atoms with van der Waals surface area (Å²) in [6.45, 7) is 7.01. The van der Waals surface area contributed by atoms with Gasteiger partial charge < -0.3 is 23.7 Å². The third kappa shape index (κ3) is 12.4. The summed E-state index contributed by atoms with van der Waals surface area (Å²) >= 11 is 0. The Hall–Kier alpha value is -7.76. The summed E-state index contributed by atoms with van der Waals surface area (Å²) in [7, 11) is 0. The van der Waals surface area contributed by atoms with Crippen molar-refractivity contribution < 1.29 is 52.0 Å². The molecule has 0 aliphatic rings. The van der Waals surface area contributed by atoms with Gasteiger partial charge in [0.25, 0.3) is 0 Å². The first-order chi connectivity index (χ1) is 28.1. The minimum atomic E-state index is -0.604. The number of hydrogen-bond acceptors (Lipinski definition) is 10. The highest BCUT2D eigenvalue weighted by Crippen LogP contribution is 2.25. The lowest BCUT2D eigenvalue weighted by molar-refractivity contribution is -0.138. The molecular weight excluding hydrogens is 744 g/mol. The molecule has 58 heavy (non-hydrogen) atoms. The van der Waals surface area contributed by atoms with Gasteiger partial charge >= 0.3 is 29.8 Å². The van der Waals surface area contributed by atoms with E-state index in [-0.39, 0.29) is 43.3 Å². The Morgan fingerprint density at radius 3 is 1.40 bits per heavy atom. The zero-order valence-electron chi connectivity index (χ0n) is 31.1. The number of ether oxygens (including phenoxy) is 5. The average Bonchev–Trinajstić information content (AvgIpc) is 3.24. The molecule has 0 saturated carbocycles. The second kappa shape index (κ2) is 20.8. The normalized spacial score (nSPS) is 10.1. The molecule has 5 rings (SSSR count). The average molecular weight is 779 g/mol. The molecule has 0 amide bonds. The Labute approximate surface area is 333 Å². The van der Waals surface area contributed by atoms with Crippen LogP contribution in [0.3, 0.4) is 0 Å². The molecule has 0 N–H and O–H groups in total. The van der Waals surface area contributed by atoms with E-state index >= 15 is 4.39 Å². The van der Waals surface area contributed by atoms with E-state index < -0.39 is 35.7 Å². The number of esters is 5. The SMILES string of the molecule is C=CC(=O)OCCCOC(=O)c1ccc(C#Cc2ccc(C(=O)Oc3ccc4cc(C#Cc5ccc(C(=O)OCCCOC(=O)C=C)cc5)c(F)cc4c3)cc2)cc1. The molecule has 0 aromatic heterocycles. The summed E-state index contributed by atoms with van der Waals surface area (Å²) in [5.74, 6) is 8.69. The molecule has 5 aromatic carbocycles. The van der Waals surface area contributed by atoms with Crippen LogP contribution in [0.25, 0.3) is 10.8 Å². The van der Waals surface area contributed by atoms with Gasteiger partial charge in [-0.1, -0.05) is 42.9 Å². The molecular formula is C47H35FO10. The fourth-order valence-electron chi connectivity index (χ4n) is 5.00. The number of benzene rings is 5. The van der Waals surface area contributed by atoms with Crippen molar-refractivity contribution in [2.45, 2.75) is 12.8 Å². The van der Waals surface area contributed by atoms with Gasteiger partial charge in [-0.25, -0.2) is 28.4 Å². The molecule has 0 bridgehead atoms. The lowest BCUT2D eigenvalue weighted by Crippen LogP contribution is -2.09. The zero-order valence-corrected chi connectivity index (χ0v) is 31.1. The van der Waals surface area contributed by atoms with Crippen LogP contribution in [0.4, 0.5) is 4.39 Å². The summed E-state index contributed by atoms with van der Waals surface area (Å²) in [5, 5.41) is 1.19. The highest BCUT2D eigenvalue weighted by Gasteiger charge is 2.12. The minimum Gasteiger partial charge on any atom is -0.462 e. The monoisotopic (exact) mass is 778 g/mol. The summed E-state index contributed by atoms with van der Waals surface area (Å²) in [6, 6.07) is 27.2. The van der Waals surface area contributed by atoms with Crippen LogP contribution >= 0.6 is 0 Å². The Morgan fingerprint density at radius 2 is 0.931 bits per heavy atom. The second-order valence-electron chi connectivity index (χ2n) is 12.2. The van der Waals surface area contributed by atoms with Crippen molar-refractivity contribution >= 4 is 40.6 Å². The van der Waals surface area contributed by atoms with Crippen molar-refractivity contribution in [2.75, 3.05) is 26.4 Å². The lowest BCUT2D eigenvalue weighted by atomic mass is 10.1. The van der Waals surface area contributed by atoms with E-state index in [0.29, 0.717) is 51.4 Å². The van der Waals surface area contributed by atoms with E-state index in [1.807, 2.05) is 0 Å². The molecule has 0 radical (unpaired) electrons. The quantitative estimate of drug-likeness (QED) is 0.0278. The molecule has 0 unspecified atom stereocenters. The Balaban J connectivity index is 1.11. The van der Waals surface area contributed by atoms with E-state index in [2.05, 4.69) is 36.8 Å². The first-order valence-electron chi connectivity index (χ1n) is 17.8. The Morgan fingerprint density at radius 1 is 0.500 bits per heavy atom. The van der Waals surface area contributed by atoms with Gasteiger partial charge in [0.15, 0.2) is 0 Å². The van der Waals surface area contributed by atoms with E-state index in [1.54, 1.807) is 97.1 Å². The van der Waals surface area contributed by atoms with Crippen LogP contribution in [0.5, 0.6) is 5.75 Å². The first kappa shape index (κ1) is 41.4. The van der Waals surface area contributed by atoms with Crippen LogP contribution < -0.4 is 4.74 Å². The summed E-state index contributed by atoms with van der Waals surface area (Å²) < 4.78 is 40.7. The molecule has 11 heteroatoms. The third-order valence-corrected chi connectivity index (χ3v) is 8.03. The molecule has 0 atom stereocenters. The van der Waals surface area contributed by atoms with Gasteiger partial charge in [-0.2, -0.15) is 0 Å².